The van der Waals surface area contributed by atoms with E-state index in [0.29, 0.717) is 0 Å². The van der Waals surface area contributed by atoms with Gasteiger partial charge in [0.05, 0.1) is 6.26 Å². The second-order valence-electron chi connectivity index (χ2n) is 5.22. The number of nitrogens with one attached hydrogen (secondary N) is 1. The van der Waals surface area contributed by atoms with Gasteiger partial charge in [-0.15, -0.1) is 0 Å². The number of nitrogens with zero attached hydrogens (tertiary/aromatic N) is 2. The number of furan rings is 1. The van der Waals surface area contributed by atoms with Gasteiger partial charge in [-0.05, 0) is 18.2 Å². The predicted molar refractivity (Wildman–Crippen MR) is 79.6 cm³/mol. The Kier molecular flexibility index (Phi) is 4.75. The normalized spacial score (nSPS) is 11.4. The Morgan fingerprint density at radius 1 is 1.19 bits per heavy atom. The van der Waals surface area contributed by atoms with Gasteiger partial charge >= 0.3 is 12.1 Å². The van der Waals surface area contributed by atoms with E-state index in [0.717, 1.165) is 6.07 Å². The zero-order chi connectivity index (χ0) is 19.6. The summed E-state index contributed by atoms with van der Waals surface area (Å²) >= 11 is 0. The van der Waals surface area contributed by atoms with Crippen LogP contribution in [0.4, 0.5) is 17.6 Å². The van der Waals surface area contributed by atoms with Gasteiger partial charge in [-0.3, -0.25) is 9.59 Å². The molecule has 0 unspecified atom stereocenters. The van der Waals surface area contributed by atoms with Crippen molar-refractivity contribution in [2.45, 2.75) is 12.7 Å². The first kappa shape index (κ1) is 18.3. The number of ketones is 1. The highest BCUT2D eigenvalue weighted by Crippen LogP contribution is 2.29. The Morgan fingerprint density at radius 2 is 1.96 bits per heavy atom. The van der Waals surface area contributed by atoms with Crippen molar-refractivity contribution in [1.29, 1.82) is 0 Å². The third kappa shape index (κ3) is 4.02. The topological polar surface area (TPSA) is 98.2 Å². The maximum Gasteiger partial charge on any atom is 0.471 e. The monoisotopic (exact) mass is 383 g/mol. The fourth-order valence-corrected chi connectivity index (χ4v) is 2.06. The van der Waals surface area contributed by atoms with Gasteiger partial charge in [0.25, 0.3) is 11.7 Å². The molecule has 0 bridgehead atoms. The third-order valence-electron chi connectivity index (χ3n) is 3.37. The molecule has 0 aliphatic heterocycles. The molecule has 1 aromatic carbocycles. The van der Waals surface area contributed by atoms with Crippen LogP contribution < -0.4 is 5.32 Å². The van der Waals surface area contributed by atoms with E-state index in [-0.39, 0.29) is 23.4 Å². The van der Waals surface area contributed by atoms with Crippen molar-refractivity contribution in [2.24, 2.45) is 0 Å². The Bertz CT molecular complexity index is 980. The van der Waals surface area contributed by atoms with Gasteiger partial charge < -0.3 is 14.3 Å². The molecule has 0 atom stereocenters. The average molecular weight is 383 g/mol. The van der Waals surface area contributed by atoms with Crippen molar-refractivity contribution in [3.63, 3.8) is 0 Å². The van der Waals surface area contributed by atoms with Crippen molar-refractivity contribution in [2.75, 3.05) is 0 Å². The van der Waals surface area contributed by atoms with Crippen LogP contribution in [0.25, 0.3) is 11.4 Å². The largest absolute Gasteiger partial charge is 0.471 e. The molecule has 0 radical (unpaired) electrons. The maximum atomic E-state index is 14.1. The van der Waals surface area contributed by atoms with E-state index in [1.807, 2.05) is 0 Å². The van der Waals surface area contributed by atoms with Crippen LogP contribution in [0.5, 0.6) is 0 Å². The second-order valence-corrected chi connectivity index (χ2v) is 5.22. The highest BCUT2D eigenvalue weighted by atomic mass is 19.4. The van der Waals surface area contributed by atoms with Gasteiger partial charge in [0.1, 0.15) is 5.82 Å². The lowest BCUT2D eigenvalue weighted by Gasteiger charge is -2.06. The minimum Gasteiger partial charge on any atom is -0.461 e. The molecule has 3 aromatic rings. The first-order valence-corrected chi connectivity index (χ1v) is 7.31. The number of amides is 1. The minimum atomic E-state index is -4.81. The fraction of sp³-hybridized carbons (Fsp3) is 0.125. The molecule has 0 spiro atoms. The van der Waals surface area contributed by atoms with Gasteiger partial charge in [0.2, 0.25) is 5.82 Å². The molecular weight excluding hydrogens is 374 g/mol. The van der Waals surface area contributed by atoms with E-state index in [4.69, 9.17) is 4.42 Å². The van der Waals surface area contributed by atoms with Crippen molar-refractivity contribution in [1.82, 2.24) is 15.5 Å². The average Bonchev–Trinajstić information content (AvgIpc) is 3.30. The van der Waals surface area contributed by atoms with Gasteiger partial charge in [0, 0.05) is 17.7 Å². The summed E-state index contributed by atoms with van der Waals surface area (Å²) in [6.45, 7) is -0.322. The first-order valence-electron chi connectivity index (χ1n) is 7.31. The summed E-state index contributed by atoms with van der Waals surface area (Å²) in [6, 6.07) is 6.09. The summed E-state index contributed by atoms with van der Waals surface area (Å²) in [6.07, 6.45) is -3.59. The lowest BCUT2D eigenvalue weighted by molar-refractivity contribution is -0.159. The standard InChI is InChI=1S/C16H9F4N3O4/c17-10-6-8(13-22-15(27-23-13)16(18,19)20)3-4-9(10)7-21-14(25)12(24)11-2-1-5-26-11/h1-6H,7H2,(H,21,25). The smallest absolute Gasteiger partial charge is 0.461 e. The molecule has 0 fully saturated rings. The molecule has 3 rings (SSSR count). The molecule has 2 aromatic heterocycles. The molecule has 11 heteroatoms. The van der Waals surface area contributed by atoms with E-state index < -0.39 is 35.4 Å². The van der Waals surface area contributed by atoms with Crippen molar-refractivity contribution < 1.29 is 36.1 Å². The molecule has 1 N–H and O–H groups in total. The van der Waals surface area contributed by atoms with Crippen LogP contribution in [0, 0.1) is 5.82 Å². The molecule has 140 valence electrons. The predicted octanol–water partition coefficient (Wildman–Crippen LogP) is 2.99. The van der Waals surface area contributed by atoms with Gasteiger partial charge in [-0.1, -0.05) is 17.3 Å². The highest BCUT2D eigenvalue weighted by molar-refractivity contribution is 6.41. The number of hydrogen-bond acceptors (Lipinski definition) is 6. The van der Waals surface area contributed by atoms with E-state index in [9.17, 15) is 27.2 Å². The molecule has 0 aliphatic carbocycles. The molecule has 7 nitrogen and oxygen atoms in total. The second kappa shape index (κ2) is 7.02. The van der Waals surface area contributed by atoms with Gasteiger partial charge in [0.15, 0.2) is 5.76 Å². The van der Waals surface area contributed by atoms with Crippen molar-refractivity contribution in [3.05, 3.63) is 59.6 Å². The summed E-state index contributed by atoms with van der Waals surface area (Å²) in [7, 11) is 0. The van der Waals surface area contributed by atoms with Crippen LogP contribution in [0.15, 0.2) is 45.5 Å². The lowest BCUT2D eigenvalue weighted by Crippen LogP contribution is -2.30. The van der Waals surface area contributed by atoms with Crippen LogP contribution >= 0.6 is 0 Å². The molecule has 1 amide bonds. The number of halogens is 4. The summed E-state index contributed by atoms with van der Waals surface area (Å²) < 4.78 is 60.4. The number of rotatable bonds is 5. The highest BCUT2D eigenvalue weighted by Gasteiger charge is 2.38. The summed E-state index contributed by atoms with van der Waals surface area (Å²) in [5, 5.41) is 5.38. The van der Waals surface area contributed by atoms with Crippen LogP contribution in [-0.4, -0.2) is 21.8 Å². The number of Topliss-reactive ketones (excluding diaryl/α,β-unsaturated/α-hetero) is 1. The van der Waals surface area contributed by atoms with E-state index in [1.165, 1.54) is 30.5 Å². The van der Waals surface area contributed by atoms with Gasteiger partial charge in [-0.25, -0.2) is 4.39 Å². The fourth-order valence-electron chi connectivity index (χ4n) is 2.06. The quantitative estimate of drug-likeness (QED) is 0.413. The number of hydrogen-bond donors (Lipinski definition) is 1. The van der Waals surface area contributed by atoms with E-state index >= 15 is 0 Å². The SMILES string of the molecule is O=C(NCc1ccc(-c2noc(C(F)(F)F)n2)cc1F)C(=O)c1ccco1. The molecular formula is C16H9F4N3O4. The molecule has 0 saturated carbocycles. The number of carbonyl (C=O) groups is 2. The Labute approximate surface area is 148 Å². The van der Waals surface area contributed by atoms with E-state index in [2.05, 4.69) is 20.0 Å². The van der Waals surface area contributed by atoms with Crippen LogP contribution in [-0.2, 0) is 17.5 Å². The zero-order valence-electron chi connectivity index (χ0n) is 13.2. The zero-order valence-corrected chi connectivity index (χ0v) is 13.2. The van der Waals surface area contributed by atoms with Crippen molar-refractivity contribution in [3.8, 4) is 11.4 Å². The Morgan fingerprint density at radius 3 is 2.56 bits per heavy atom. The van der Waals surface area contributed by atoms with Crippen LogP contribution in [0.1, 0.15) is 22.0 Å². The minimum absolute atomic E-state index is 0.00103. The summed E-state index contributed by atoms with van der Waals surface area (Å²) in [4.78, 5) is 26.6. The number of benzene rings is 1. The van der Waals surface area contributed by atoms with Crippen LogP contribution in [0.2, 0.25) is 0 Å². The van der Waals surface area contributed by atoms with Crippen molar-refractivity contribution >= 4 is 11.7 Å². The van der Waals surface area contributed by atoms with Gasteiger partial charge in [-0.2, -0.15) is 18.2 Å². The number of carbonyl (C=O) groups excluding carboxylic acids is 2. The molecule has 0 aliphatic rings. The summed E-state index contributed by atoms with van der Waals surface area (Å²) in [5.74, 6) is -4.92. The molecule has 27 heavy (non-hydrogen) atoms. The summed E-state index contributed by atoms with van der Waals surface area (Å²) in [5.41, 5.74) is -0.0487. The number of alkyl halides is 3. The van der Waals surface area contributed by atoms with E-state index in [1.54, 1.807) is 0 Å². The van der Waals surface area contributed by atoms with Crippen LogP contribution in [0.3, 0.4) is 0 Å². The Balaban J connectivity index is 1.69. The molecule has 0 saturated heterocycles. The Hall–Kier alpha value is -3.50. The third-order valence-corrected chi connectivity index (χ3v) is 3.37. The lowest BCUT2D eigenvalue weighted by atomic mass is 10.1. The maximum absolute atomic E-state index is 14.1. The first-order chi connectivity index (χ1) is 12.8. The number of aromatic nitrogens is 2. The molecule has 2 heterocycles.